The van der Waals surface area contributed by atoms with Gasteiger partial charge in [0.25, 0.3) is 0 Å². The van der Waals surface area contributed by atoms with Gasteiger partial charge in [0.1, 0.15) is 5.82 Å². The molecule has 21 heavy (non-hydrogen) atoms. The van der Waals surface area contributed by atoms with E-state index in [-0.39, 0.29) is 5.82 Å². The number of anilines is 2. The molecule has 3 aromatic rings. The second-order valence-electron chi connectivity index (χ2n) is 4.59. The van der Waals surface area contributed by atoms with Crippen LogP contribution in [0.1, 0.15) is 10.4 Å². The van der Waals surface area contributed by atoms with E-state index in [2.05, 4.69) is 10.3 Å². The zero-order valence-electron chi connectivity index (χ0n) is 11.0. The molecule has 3 N–H and O–H groups in total. The number of hydrogen-bond acceptors (Lipinski definition) is 3. The van der Waals surface area contributed by atoms with E-state index in [1.807, 2.05) is 0 Å². The van der Waals surface area contributed by atoms with Crippen LogP contribution >= 0.6 is 0 Å². The van der Waals surface area contributed by atoms with Crippen molar-refractivity contribution in [3.05, 3.63) is 66.1 Å². The Bertz CT molecular complexity index is 815. The van der Waals surface area contributed by atoms with Crippen LogP contribution in [0.15, 0.2) is 54.7 Å². The molecule has 0 spiro atoms. The number of nitrogens with two attached hydrogens (primary N) is 1. The number of halogens is 1. The van der Waals surface area contributed by atoms with Crippen molar-refractivity contribution in [1.82, 2.24) is 4.98 Å². The Balaban J connectivity index is 1.97. The summed E-state index contributed by atoms with van der Waals surface area (Å²) in [6.07, 6.45) is 1.65. The number of primary amides is 1. The molecule has 104 valence electrons. The van der Waals surface area contributed by atoms with Gasteiger partial charge in [0.05, 0.1) is 5.52 Å². The monoisotopic (exact) mass is 281 g/mol. The summed E-state index contributed by atoms with van der Waals surface area (Å²) in [5.74, 6) is -0.791. The third-order valence-electron chi connectivity index (χ3n) is 3.15. The van der Waals surface area contributed by atoms with Gasteiger partial charge in [-0.05, 0) is 48.5 Å². The lowest BCUT2D eigenvalue weighted by Gasteiger charge is -2.09. The maximum Gasteiger partial charge on any atom is 0.248 e. The average molecular weight is 281 g/mol. The minimum Gasteiger partial charge on any atom is -0.366 e. The summed E-state index contributed by atoms with van der Waals surface area (Å²) in [4.78, 5) is 15.2. The fraction of sp³-hybridized carbons (Fsp3) is 0. The Morgan fingerprint density at radius 3 is 2.57 bits per heavy atom. The fourth-order valence-corrected chi connectivity index (χ4v) is 2.10. The largest absolute Gasteiger partial charge is 0.366 e. The first-order valence-corrected chi connectivity index (χ1v) is 6.34. The molecule has 0 fully saturated rings. The predicted octanol–water partition coefficient (Wildman–Crippen LogP) is 3.22. The molecule has 0 bridgehead atoms. The van der Waals surface area contributed by atoms with Crippen molar-refractivity contribution in [2.45, 2.75) is 0 Å². The molecule has 1 aromatic heterocycles. The standard InChI is InChI=1S/C16H12FN3O/c17-11-3-6-14-13(9-11)15(7-8-19-14)20-12-4-1-10(2-5-12)16(18)21/h1-9H,(H2,18,21)(H,19,20). The Labute approximate surface area is 120 Å². The van der Waals surface area contributed by atoms with Gasteiger partial charge in [-0.25, -0.2) is 4.39 Å². The van der Waals surface area contributed by atoms with E-state index >= 15 is 0 Å². The third-order valence-corrected chi connectivity index (χ3v) is 3.15. The highest BCUT2D eigenvalue weighted by atomic mass is 19.1. The first kappa shape index (κ1) is 13.1. The van der Waals surface area contributed by atoms with Crippen LogP contribution in [0.3, 0.4) is 0 Å². The molecule has 1 heterocycles. The lowest BCUT2D eigenvalue weighted by Crippen LogP contribution is -2.10. The zero-order valence-corrected chi connectivity index (χ0v) is 11.0. The number of aromatic nitrogens is 1. The topological polar surface area (TPSA) is 68.0 Å². The Morgan fingerprint density at radius 1 is 1.10 bits per heavy atom. The molecule has 3 rings (SSSR count). The van der Waals surface area contributed by atoms with Gasteiger partial charge in [-0.15, -0.1) is 0 Å². The molecule has 0 radical (unpaired) electrons. The molecular formula is C16H12FN3O. The second-order valence-corrected chi connectivity index (χ2v) is 4.59. The molecule has 4 nitrogen and oxygen atoms in total. The quantitative estimate of drug-likeness (QED) is 0.774. The highest BCUT2D eigenvalue weighted by Gasteiger charge is 2.05. The number of nitrogens with zero attached hydrogens (tertiary/aromatic N) is 1. The molecule has 0 saturated carbocycles. The number of benzene rings is 2. The van der Waals surface area contributed by atoms with Crippen LogP contribution in [0, 0.1) is 5.82 Å². The SMILES string of the molecule is NC(=O)c1ccc(Nc2ccnc3ccc(F)cc23)cc1. The maximum absolute atomic E-state index is 13.4. The summed E-state index contributed by atoms with van der Waals surface area (Å²) in [5, 5.41) is 3.87. The van der Waals surface area contributed by atoms with Gasteiger partial charge < -0.3 is 11.1 Å². The molecule has 0 unspecified atom stereocenters. The van der Waals surface area contributed by atoms with Gasteiger partial charge in [-0.3, -0.25) is 9.78 Å². The summed E-state index contributed by atoms with van der Waals surface area (Å²) in [5.41, 5.74) is 7.86. The molecule has 0 atom stereocenters. The third kappa shape index (κ3) is 2.67. The smallest absolute Gasteiger partial charge is 0.248 e. The predicted molar refractivity (Wildman–Crippen MR) is 79.9 cm³/mol. The highest BCUT2D eigenvalue weighted by molar-refractivity contribution is 5.94. The highest BCUT2D eigenvalue weighted by Crippen LogP contribution is 2.25. The van der Waals surface area contributed by atoms with Gasteiger partial charge in [0.2, 0.25) is 5.91 Å². The van der Waals surface area contributed by atoms with Gasteiger partial charge in [-0.1, -0.05) is 0 Å². The molecule has 2 aromatic carbocycles. The fourth-order valence-electron chi connectivity index (χ4n) is 2.10. The molecule has 0 saturated heterocycles. The minimum absolute atomic E-state index is 0.317. The lowest BCUT2D eigenvalue weighted by atomic mass is 10.1. The van der Waals surface area contributed by atoms with E-state index in [1.165, 1.54) is 12.1 Å². The summed E-state index contributed by atoms with van der Waals surface area (Å²) in [6, 6.07) is 13.0. The van der Waals surface area contributed by atoms with E-state index in [0.717, 1.165) is 11.4 Å². The van der Waals surface area contributed by atoms with Gasteiger partial charge in [0, 0.05) is 28.5 Å². The maximum atomic E-state index is 13.4. The summed E-state index contributed by atoms with van der Waals surface area (Å²) in [6.45, 7) is 0. The number of carbonyl (C=O) groups is 1. The number of pyridine rings is 1. The first-order valence-electron chi connectivity index (χ1n) is 6.34. The number of amides is 1. The average Bonchev–Trinajstić information content (AvgIpc) is 2.48. The van der Waals surface area contributed by atoms with Crippen LogP contribution in [0.25, 0.3) is 10.9 Å². The van der Waals surface area contributed by atoms with Crippen LogP contribution in [0.2, 0.25) is 0 Å². The molecular weight excluding hydrogens is 269 g/mol. The number of nitrogens with one attached hydrogen (secondary N) is 1. The first-order chi connectivity index (χ1) is 10.1. The van der Waals surface area contributed by atoms with E-state index in [4.69, 9.17) is 5.73 Å². The van der Waals surface area contributed by atoms with Crippen molar-refractivity contribution < 1.29 is 9.18 Å². The number of carbonyl (C=O) groups excluding carboxylic acids is 1. The molecule has 0 aliphatic heterocycles. The summed E-state index contributed by atoms with van der Waals surface area (Å²) in [7, 11) is 0. The summed E-state index contributed by atoms with van der Waals surface area (Å²) >= 11 is 0. The molecule has 5 heteroatoms. The normalized spacial score (nSPS) is 10.5. The molecule has 0 aliphatic carbocycles. The van der Waals surface area contributed by atoms with Crippen molar-refractivity contribution in [3.63, 3.8) is 0 Å². The van der Waals surface area contributed by atoms with Crippen molar-refractivity contribution >= 4 is 28.2 Å². The Morgan fingerprint density at radius 2 is 1.86 bits per heavy atom. The molecule has 1 amide bonds. The van der Waals surface area contributed by atoms with E-state index in [0.29, 0.717) is 16.5 Å². The summed E-state index contributed by atoms with van der Waals surface area (Å²) < 4.78 is 13.4. The number of rotatable bonds is 3. The van der Waals surface area contributed by atoms with E-state index in [9.17, 15) is 9.18 Å². The van der Waals surface area contributed by atoms with Crippen LogP contribution in [0.5, 0.6) is 0 Å². The zero-order chi connectivity index (χ0) is 14.8. The van der Waals surface area contributed by atoms with Crippen molar-refractivity contribution in [2.75, 3.05) is 5.32 Å². The van der Waals surface area contributed by atoms with Crippen molar-refractivity contribution in [3.8, 4) is 0 Å². The minimum atomic E-state index is -0.474. The lowest BCUT2D eigenvalue weighted by molar-refractivity contribution is 0.100. The van der Waals surface area contributed by atoms with Crippen molar-refractivity contribution in [1.29, 1.82) is 0 Å². The number of fused-ring (bicyclic) bond motifs is 1. The van der Waals surface area contributed by atoms with Gasteiger partial charge in [-0.2, -0.15) is 0 Å². The van der Waals surface area contributed by atoms with Crippen LogP contribution < -0.4 is 11.1 Å². The van der Waals surface area contributed by atoms with Gasteiger partial charge >= 0.3 is 0 Å². The van der Waals surface area contributed by atoms with Crippen LogP contribution in [0.4, 0.5) is 15.8 Å². The van der Waals surface area contributed by atoms with Crippen LogP contribution in [-0.2, 0) is 0 Å². The Hall–Kier alpha value is -2.95. The van der Waals surface area contributed by atoms with Crippen molar-refractivity contribution in [2.24, 2.45) is 5.73 Å². The van der Waals surface area contributed by atoms with Crippen LogP contribution in [-0.4, -0.2) is 10.9 Å². The van der Waals surface area contributed by atoms with Gasteiger partial charge in [0.15, 0.2) is 0 Å². The van der Waals surface area contributed by atoms with E-state index in [1.54, 1.807) is 42.6 Å². The van der Waals surface area contributed by atoms with E-state index < -0.39 is 5.91 Å². The molecule has 0 aliphatic rings. The number of hydrogen-bond donors (Lipinski definition) is 2. The Kier molecular flexibility index (Phi) is 3.23. The second kappa shape index (κ2) is 5.20.